The van der Waals surface area contributed by atoms with E-state index in [9.17, 15) is 17.6 Å². The van der Waals surface area contributed by atoms with Gasteiger partial charge >= 0.3 is 0 Å². The van der Waals surface area contributed by atoms with E-state index in [1.54, 1.807) is 42.1 Å². The second-order valence-electron chi connectivity index (χ2n) is 6.76. The molecule has 0 aromatic heterocycles. The van der Waals surface area contributed by atoms with Crippen molar-refractivity contribution in [1.82, 2.24) is 9.62 Å². The van der Waals surface area contributed by atoms with E-state index in [1.807, 2.05) is 0 Å². The number of amides is 1. The molecule has 0 fully saturated rings. The van der Waals surface area contributed by atoms with Gasteiger partial charge in [0.1, 0.15) is 11.6 Å². The Hall–Kier alpha value is -2.10. The maximum Gasteiger partial charge on any atom is 0.242 e. The van der Waals surface area contributed by atoms with Crippen molar-refractivity contribution in [3.63, 3.8) is 0 Å². The lowest BCUT2D eigenvalue weighted by atomic mass is 10.1. The van der Waals surface area contributed by atoms with E-state index >= 15 is 0 Å². The minimum Gasteiger partial charge on any atom is -0.496 e. The normalized spacial score (nSPS) is 11.5. The van der Waals surface area contributed by atoms with Crippen LogP contribution in [0.4, 0.5) is 4.39 Å². The first-order valence-electron chi connectivity index (χ1n) is 9.43. The molecule has 0 aliphatic rings. The number of carbonyl (C=O) groups is 1. The Morgan fingerprint density at radius 3 is 2.57 bits per heavy atom. The second kappa shape index (κ2) is 11.3. The molecule has 0 radical (unpaired) electrons. The molecule has 0 atom stereocenters. The first-order valence-corrected chi connectivity index (χ1v) is 12.0. The summed E-state index contributed by atoms with van der Waals surface area (Å²) in [5, 5.41) is 2.83. The van der Waals surface area contributed by atoms with Crippen molar-refractivity contribution in [3.8, 4) is 5.75 Å². The Balaban J connectivity index is 1.83. The van der Waals surface area contributed by atoms with Crippen molar-refractivity contribution in [2.75, 3.05) is 33.5 Å². The lowest BCUT2D eigenvalue weighted by molar-refractivity contribution is -0.120. The molecule has 6 nitrogen and oxygen atoms in total. The van der Waals surface area contributed by atoms with E-state index in [4.69, 9.17) is 4.74 Å². The third-order valence-electron chi connectivity index (χ3n) is 4.44. The minimum absolute atomic E-state index is 0.135. The third-order valence-corrected chi connectivity index (χ3v) is 7.25. The molecule has 164 valence electrons. The maximum absolute atomic E-state index is 13.6. The van der Waals surface area contributed by atoms with Gasteiger partial charge in [0.15, 0.2) is 0 Å². The summed E-state index contributed by atoms with van der Waals surface area (Å²) < 4.78 is 44.7. The molecule has 0 aliphatic carbocycles. The van der Waals surface area contributed by atoms with Gasteiger partial charge in [-0.25, -0.2) is 17.1 Å². The fraction of sp³-hybridized carbons (Fsp3) is 0.381. The molecule has 0 saturated heterocycles. The smallest absolute Gasteiger partial charge is 0.242 e. The Labute approximate surface area is 181 Å². The van der Waals surface area contributed by atoms with Crippen molar-refractivity contribution < 1.29 is 22.3 Å². The van der Waals surface area contributed by atoms with Crippen LogP contribution in [0.25, 0.3) is 0 Å². The molecule has 0 heterocycles. The van der Waals surface area contributed by atoms with E-state index in [0.717, 1.165) is 4.31 Å². The van der Waals surface area contributed by atoms with Gasteiger partial charge < -0.3 is 10.1 Å². The summed E-state index contributed by atoms with van der Waals surface area (Å²) in [6, 6.07) is 11.3. The lowest BCUT2D eigenvalue weighted by Crippen LogP contribution is -2.26. The topological polar surface area (TPSA) is 75.7 Å². The monoisotopic (exact) mass is 454 g/mol. The highest BCUT2D eigenvalue weighted by Crippen LogP contribution is 2.25. The van der Waals surface area contributed by atoms with Gasteiger partial charge in [-0.05, 0) is 41.8 Å². The number of methoxy groups -OCH3 is 1. The summed E-state index contributed by atoms with van der Waals surface area (Å²) >= 11 is 1.54. The first kappa shape index (κ1) is 24.2. The molecule has 2 rings (SSSR count). The maximum atomic E-state index is 13.6. The highest BCUT2D eigenvalue weighted by atomic mass is 32.2. The predicted octanol–water partition coefficient (Wildman–Crippen LogP) is 3.07. The van der Waals surface area contributed by atoms with Gasteiger partial charge in [-0.3, -0.25) is 4.79 Å². The Morgan fingerprint density at radius 2 is 1.90 bits per heavy atom. The Kier molecular flexibility index (Phi) is 9.13. The van der Waals surface area contributed by atoms with Crippen LogP contribution in [0.15, 0.2) is 47.4 Å². The number of hydrogen-bond acceptors (Lipinski definition) is 5. The van der Waals surface area contributed by atoms with Crippen LogP contribution in [-0.2, 0) is 27.0 Å². The number of ether oxygens (including phenoxy) is 1. The molecule has 0 saturated carbocycles. The minimum atomic E-state index is -3.56. The van der Waals surface area contributed by atoms with Crippen molar-refractivity contribution in [3.05, 3.63) is 59.4 Å². The van der Waals surface area contributed by atoms with Gasteiger partial charge in [-0.2, -0.15) is 11.8 Å². The number of rotatable bonds is 11. The van der Waals surface area contributed by atoms with Crippen LogP contribution in [0, 0.1) is 5.82 Å². The molecule has 9 heteroatoms. The van der Waals surface area contributed by atoms with Crippen LogP contribution < -0.4 is 10.1 Å². The van der Waals surface area contributed by atoms with Gasteiger partial charge in [0.2, 0.25) is 15.9 Å². The highest BCUT2D eigenvalue weighted by molar-refractivity contribution is 7.98. The van der Waals surface area contributed by atoms with Crippen molar-refractivity contribution in [2.45, 2.75) is 23.5 Å². The molecule has 30 heavy (non-hydrogen) atoms. The number of hydrogen-bond donors (Lipinski definition) is 1. The molecular weight excluding hydrogens is 427 g/mol. The van der Waals surface area contributed by atoms with Crippen LogP contribution in [0.1, 0.15) is 17.5 Å². The van der Waals surface area contributed by atoms with Gasteiger partial charge in [0, 0.05) is 38.6 Å². The molecule has 0 bridgehead atoms. The molecule has 0 spiro atoms. The number of benzene rings is 2. The van der Waals surface area contributed by atoms with E-state index < -0.39 is 10.0 Å². The van der Waals surface area contributed by atoms with E-state index in [0.29, 0.717) is 41.3 Å². The predicted molar refractivity (Wildman–Crippen MR) is 118 cm³/mol. The molecule has 2 aromatic rings. The SMILES string of the molecule is COc1ccc(S(=O)(=O)N(C)C)cc1CCC(=O)NCCSCc1ccccc1F. The van der Waals surface area contributed by atoms with Crippen molar-refractivity contribution >= 4 is 27.7 Å². The summed E-state index contributed by atoms with van der Waals surface area (Å²) in [6.45, 7) is 0.476. The summed E-state index contributed by atoms with van der Waals surface area (Å²) in [5.41, 5.74) is 1.30. The van der Waals surface area contributed by atoms with Crippen molar-refractivity contribution in [1.29, 1.82) is 0 Å². The average molecular weight is 455 g/mol. The summed E-state index contributed by atoms with van der Waals surface area (Å²) in [4.78, 5) is 12.3. The number of thioether (sulfide) groups is 1. The van der Waals surface area contributed by atoms with Gasteiger partial charge in [0.25, 0.3) is 0 Å². The molecule has 0 aliphatic heterocycles. The molecule has 1 N–H and O–H groups in total. The Bertz CT molecular complexity index is 965. The summed E-state index contributed by atoms with van der Waals surface area (Å²) in [7, 11) is 0.882. The van der Waals surface area contributed by atoms with Crippen molar-refractivity contribution in [2.24, 2.45) is 0 Å². The van der Waals surface area contributed by atoms with Crippen LogP contribution in [0.2, 0.25) is 0 Å². The molecule has 0 unspecified atom stereocenters. The van der Waals surface area contributed by atoms with Crippen LogP contribution in [0.3, 0.4) is 0 Å². The Morgan fingerprint density at radius 1 is 1.17 bits per heavy atom. The molecule has 1 amide bonds. The zero-order valence-corrected chi connectivity index (χ0v) is 19.0. The number of carbonyl (C=O) groups excluding carboxylic acids is 1. The third kappa shape index (κ3) is 6.72. The zero-order chi connectivity index (χ0) is 22.1. The van der Waals surface area contributed by atoms with Gasteiger partial charge in [-0.1, -0.05) is 18.2 Å². The summed E-state index contributed by atoms with van der Waals surface area (Å²) in [5.74, 6) is 1.40. The van der Waals surface area contributed by atoms with E-state index in [1.165, 1.54) is 33.3 Å². The van der Waals surface area contributed by atoms with Crippen LogP contribution in [-0.4, -0.2) is 52.1 Å². The van der Waals surface area contributed by atoms with E-state index in [-0.39, 0.29) is 23.0 Å². The quantitative estimate of drug-likeness (QED) is 0.528. The fourth-order valence-corrected chi connectivity index (χ4v) is 4.52. The number of aryl methyl sites for hydroxylation is 1. The van der Waals surface area contributed by atoms with Gasteiger partial charge in [0.05, 0.1) is 12.0 Å². The fourth-order valence-electron chi connectivity index (χ4n) is 2.72. The number of sulfonamides is 1. The second-order valence-corrected chi connectivity index (χ2v) is 10.0. The van der Waals surface area contributed by atoms with Gasteiger partial charge in [-0.15, -0.1) is 0 Å². The average Bonchev–Trinajstić information content (AvgIpc) is 2.72. The van der Waals surface area contributed by atoms with Crippen LogP contribution >= 0.6 is 11.8 Å². The first-order chi connectivity index (χ1) is 14.3. The standard InChI is InChI=1S/C21H27FN2O4S2/c1-24(2)30(26,27)18-9-10-20(28-3)16(14-18)8-11-21(25)23-12-13-29-15-17-6-4-5-7-19(17)22/h4-7,9-10,14H,8,11-13,15H2,1-3H3,(H,23,25). The van der Waals surface area contributed by atoms with E-state index in [2.05, 4.69) is 5.32 Å². The number of halogens is 1. The molecular formula is C21H27FN2O4S2. The molecule has 2 aromatic carbocycles. The number of nitrogens with one attached hydrogen (secondary N) is 1. The number of nitrogens with zero attached hydrogens (tertiary/aromatic N) is 1. The largest absolute Gasteiger partial charge is 0.496 e. The zero-order valence-electron chi connectivity index (χ0n) is 17.4. The van der Waals surface area contributed by atoms with Crippen LogP contribution in [0.5, 0.6) is 5.75 Å². The highest BCUT2D eigenvalue weighted by Gasteiger charge is 2.19. The lowest BCUT2D eigenvalue weighted by Gasteiger charge is -2.14. The summed E-state index contributed by atoms with van der Waals surface area (Å²) in [6.07, 6.45) is 0.563.